The molecule has 1 aromatic carbocycles. The van der Waals surface area contributed by atoms with Crippen LogP contribution in [0.1, 0.15) is 29.9 Å². The van der Waals surface area contributed by atoms with Gasteiger partial charge in [0.05, 0.1) is 5.92 Å². The number of hydrogen-bond acceptors (Lipinski definition) is 2. The summed E-state index contributed by atoms with van der Waals surface area (Å²) in [6, 6.07) is 8.59. The highest BCUT2D eigenvalue weighted by atomic mass is 16.4. The Bertz CT molecular complexity index is 434. The van der Waals surface area contributed by atoms with Crippen LogP contribution in [0.3, 0.4) is 0 Å². The fourth-order valence-electron chi connectivity index (χ4n) is 2.57. The molecule has 1 aliphatic heterocycles. The number of rotatable bonds is 4. The number of nitrogens with zero attached hydrogens (tertiary/aromatic N) is 1. The Morgan fingerprint density at radius 1 is 1.29 bits per heavy atom. The van der Waals surface area contributed by atoms with Gasteiger partial charge in [0.1, 0.15) is 0 Å². The molecule has 3 heteroatoms. The van der Waals surface area contributed by atoms with E-state index in [2.05, 4.69) is 29.2 Å². The van der Waals surface area contributed by atoms with E-state index in [1.54, 1.807) is 0 Å². The van der Waals surface area contributed by atoms with Gasteiger partial charge in [-0.05, 0) is 29.9 Å². The first kappa shape index (κ1) is 10.8. The molecule has 0 bridgehead atoms. The Morgan fingerprint density at radius 2 is 2.00 bits per heavy atom. The van der Waals surface area contributed by atoms with Gasteiger partial charge in [-0.1, -0.05) is 24.3 Å². The van der Waals surface area contributed by atoms with Crippen molar-refractivity contribution < 1.29 is 9.90 Å². The molecular weight excluding hydrogens is 214 g/mol. The van der Waals surface area contributed by atoms with Gasteiger partial charge in [-0.3, -0.25) is 9.69 Å². The second-order valence-electron chi connectivity index (χ2n) is 5.20. The van der Waals surface area contributed by atoms with Gasteiger partial charge in [0.2, 0.25) is 0 Å². The van der Waals surface area contributed by atoms with E-state index in [9.17, 15) is 4.79 Å². The third-order valence-electron chi connectivity index (χ3n) is 3.77. The largest absolute Gasteiger partial charge is 0.481 e. The first-order chi connectivity index (χ1) is 8.24. The van der Waals surface area contributed by atoms with Crippen molar-refractivity contribution in [3.05, 3.63) is 35.4 Å². The highest BCUT2D eigenvalue weighted by molar-refractivity contribution is 5.71. The Hall–Kier alpha value is -1.35. The zero-order chi connectivity index (χ0) is 11.8. The Morgan fingerprint density at radius 3 is 2.65 bits per heavy atom. The minimum absolute atomic E-state index is 0.150. The molecule has 1 saturated carbocycles. The van der Waals surface area contributed by atoms with E-state index in [-0.39, 0.29) is 5.92 Å². The Kier molecular flexibility index (Phi) is 2.63. The standard InChI is InChI=1S/C14H17NO2/c16-14(17)12-8-15(9-12)7-11-3-1-2-4-13(11)10-5-6-10/h1-4,10,12H,5-9H2,(H,16,17). The van der Waals surface area contributed by atoms with Crippen LogP contribution < -0.4 is 0 Å². The summed E-state index contributed by atoms with van der Waals surface area (Å²) in [6.07, 6.45) is 2.63. The number of carboxylic acid groups (broad SMARTS) is 1. The quantitative estimate of drug-likeness (QED) is 0.862. The van der Waals surface area contributed by atoms with Crippen LogP contribution >= 0.6 is 0 Å². The maximum atomic E-state index is 10.7. The van der Waals surface area contributed by atoms with Crippen LogP contribution in [0.5, 0.6) is 0 Å². The molecule has 1 heterocycles. The highest BCUT2D eigenvalue weighted by Gasteiger charge is 2.33. The molecule has 0 unspecified atom stereocenters. The van der Waals surface area contributed by atoms with E-state index < -0.39 is 5.97 Å². The first-order valence-electron chi connectivity index (χ1n) is 6.27. The molecule has 0 aromatic heterocycles. The molecule has 1 aliphatic carbocycles. The smallest absolute Gasteiger partial charge is 0.309 e. The summed E-state index contributed by atoms with van der Waals surface area (Å²) in [5.41, 5.74) is 2.87. The molecule has 17 heavy (non-hydrogen) atoms. The lowest BCUT2D eigenvalue weighted by molar-refractivity contribution is -0.147. The van der Waals surface area contributed by atoms with Gasteiger partial charge in [0.15, 0.2) is 0 Å². The van der Waals surface area contributed by atoms with E-state index in [1.807, 2.05) is 0 Å². The zero-order valence-electron chi connectivity index (χ0n) is 9.80. The monoisotopic (exact) mass is 231 g/mol. The molecule has 90 valence electrons. The number of hydrogen-bond donors (Lipinski definition) is 1. The predicted molar refractivity (Wildman–Crippen MR) is 64.8 cm³/mol. The van der Waals surface area contributed by atoms with Gasteiger partial charge in [-0.2, -0.15) is 0 Å². The average Bonchev–Trinajstić information content (AvgIpc) is 3.06. The molecule has 0 atom stereocenters. The normalized spacial score (nSPS) is 21.2. The molecule has 1 N–H and O–H groups in total. The van der Waals surface area contributed by atoms with E-state index in [0.29, 0.717) is 13.1 Å². The molecular formula is C14H17NO2. The van der Waals surface area contributed by atoms with Gasteiger partial charge in [-0.15, -0.1) is 0 Å². The van der Waals surface area contributed by atoms with Gasteiger partial charge >= 0.3 is 5.97 Å². The third kappa shape index (κ3) is 2.20. The first-order valence-corrected chi connectivity index (χ1v) is 6.27. The lowest BCUT2D eigenvalue weighted by Crippen LogP contribution is -2.49. The number of likely N-dealkylation sites (tertiary alicyclic amines) is 1. The molecule has 0 amide bonds. The van der Waals surface area contributed by atoms with Crippen molar-refractivity contribution in [3.63, 3.8) is 0 Å². The molecule has 3 rings (SSSR count). The molecule has 1 saturated heterocycles. The van der Waals surface area contributed by atoms with Crippen LogP contribution in [0.4, 0.5) is 0 Å². The molecule has 0 spiro atoms. The topological polar surface area (TPSA) is 40.5 Å². The summed E-state index contributed by atoms with van der Waals surface area (Å²) in [5, 5.41) is 8.84. The number of carbonyl (C=O) groups is 1. The van der Waals surface area contributed by atoms with Crippen molar-refractivity contribution in [2.75, 3.05) is 13.1 Å². The maximum Gasteiger partial charge on any atom is 0.309 e. The van der Waals surface area contributed by atoms with E-state index in [0.717, 1.165) is 12.5 Å². The molecule has 3 nitrogen and oxygen atoms in total. The van der Waals surface area contributed by atoms with Gasteiger partial charge in [0, 0.05) is 19.6 Å². The number of carboxylic acids is 1. The van der Waals surface area contributed by atoms with Crippen LogP contribution in [0, 0.1) is 5.92 Å². The lowest BCUT2D eigenvalue weighted by Gasteiger charge is -2.37. The highest BCUT2D eigenvalue weighted by Crippen LogP contribution is 2.42. The SMILES string of the molecule is O=C(O)C1CN(Cc2ccccc2C2CC2)C1. The minimum atomic E-state index is -0.656. The molecule has 2 fully saturated rings. The van der Waals surface area contributed by atoms with Crippen molar-refractivity contribution >= 4 is 5.97 Å². The fourth-order valence-corrected chi connectivity index (χ4v) is 2.57. The summed E-state index contributed by atoms with van der Waals surface area (Å²) in [4.78, 5) is 13.0. The van der Waals surface area contributed by atoms with Crippen molar-refractivity contribution in [2.45, 2.75) is 25.3 Å². The van der Waals surface area contributed by atoms with Gasteiger partial charge < -0.3 is 5.11 Å². The van der Waals surface area contributed by atoms with Crippen molar-refractivity contribution in [3.8, 4) is 0 Å². The van der Waals surface area contributed by atoms with Gasteiger partial charge in [0.25, 0.3) is 0 Å². The van der Waals surface area contributed by atoms with Crippen molar-refractivity contribution in [2.24, 2.45) is 5.92 Å². The molecule has 2 aliphatic rings. The second-order valence-corrected chi connectivity index (χ2v) is 5.20. The molecule has 1 aromatic rings. The molecule has 0 radical (unpaired) electrons. The Labute approximate surface area is 101 Å². The number of benzene rings is 1. The fraction of sp³-hybridized carbons (Fsp3) is 0.500. The predicted octanol–water partition coefficient (Wildman–Crippen LogP) is 2.08. The van der Waals surface area contributed by atoms with Crippen molar-refractivity contribution in [1.29, 1.82) is 0 Å². The van der Waals surface area contributed by atoms with Crippen LogP contribution in [0.2, 0.25) is 0 Å². The summed E-state index contributed by atoms with van der Waals surface area (Å²) < 4.78 is 0. The number of aliphatic carboxylic acids is 1. The van der Waals surface area contributed by atoms with E-state index >= 15 is 0 Å². The van der Waals surface area contributed by atoms with Crippen LogP contribution in [-0.4, -0.2) is 29.1 Å². The van der Waals surface area contributed by atoms with Crippen LogP contribution in [0.25, 0.3) is 0 Å². The second kappa shape index (κ2) is 4.15. The maximum absolute atomic E-state index is 10.7. The van der Waals surface area contributed by atoms with E-state index in [1.165, 1.54) is 24.0 Å². The average molecular weight is 231 g/mol. The van der Waals surface area contributed by atoms with Crippen molar-refractivity contribution in [1.82, 2.24) is 4.90 Å². The van der Waals surface area contributed by atoms with Gasteiger partial charge in [-0.25, -0.2) is 0 Å². The summed E-state index contributed by atoms with van der Waals surface area (Å²) in [6.45, 7) is 2.32. The summed E-state index contributed by atoms with van der Waals surface area (Å²) in [5.74, 6) is -0.0393. The summed E-state index contributed by atoms with van der Waals surface area (Å²) >= 11 is 0. The van der Waals surface area contributed by atoms with E-state index in [4.69, 9.17) is 5.11 Å². The van der Waals surface area contributed by atoms with Crippen LogP contribution in [0.15, 0.2) is 24.3 Å². The van der Waals surface area contributed by atoms with Crippen LogP contribution in [-0.2, 0) is 11.3 Å². The summed E-state index contributed by atoms with van der Waals surface area (Å²) in [7, 11) is 0. The third-order valence-corrected chi connectivity index (χ3v) is 3.77. The minimum Gasteiger partial charge on any atom is -0.481 e. The lowest BCUT2D eigenvalue weighted by atomic mass is 9.97. The zero-order valence-corrected chi connectivity index (χ0v) is 9.80. The Balaban J connectivity index is 1.64.